The van der Waals surface area contributed by atoms with Gasteiger partial charge in [-0.2, -0.15) is 0 Å². The van der Waals surface area contributed by atoms with E-state index in [1.54, 1.807) is 12.1 Å². The summed E-state index contributed by atoms with van der Waals surface area (Å²) in [5.74, 6) is -2.10. The fraction of sp³-hybridized carbons (Fsp3) is 0.500. The van der Waals surface area contributed by atoms with Crippen molar-refractivity contribution >= 4 is 5.78 Å². The standard InChI is InChI=1S/C26H30O14/c27-7-16-20(33)22(35)25(40-26-23(36)19(32)13(31)8-37-26)24(39-16)18-12(30)6-15-17(21(18)34)11(29)5-14(38-15)9-1-3-10(28)4-2-9/h1-4,6,13-14,16,19-20,22-28,30-36H,5,7-8H2/t13-,14+,16+,19+,20-,22-,23-,24-,25-,26-/m0/s1. The molecule has 218 valence electrons. The lowest BCUT2D eigenvalue weighted by atomic mass is 9.87. The van der Waals surface area contributed by atoms with E-state index in [1.165, 1.54) is 12.1 Å². The van der Waals surface area contributed by atoms with E-state index in [2.05, 4.69) is 0 Å². The third-order valence-corrected chi connectivity index (χ3v) is 7.36. The van der Waals surface area contributed by atoms with Crippen LogP contribution in [0.3, 0.4) is 0 Å². The molecule has 14 nitrogen and oxygen atoms in total. The molecule has 0 aromatic heterocycles. The zero-order valence-corrected chi connectivity index (χ0v) is 20.8. The molecule has 0 radical (unpaired) electrons. The van der Waals surface area contributed by atoms with Crippen LogP contribution in [0.1, 0.15) is 40.1 Å². The van der Waals surface area contributed by atoms with Crippen LogP contribution in [0.15, 0.2) is 30.3 Å². The molecule has 0 unspecified atom stereocenters. The molecule has 0 aliphatic carbocycles. The van der Waals surface area contributed by atoms with E-state index >= 15 is 0 Å². The van der Waals surface area contributed by atoms with Gasteiger partial charge >= 0.3 is 0 Å². The number of fused-ring (bicyclic) bond motifs is 1. The number of benzene rings is 2. The second-order valence-electron chi connectivity index (χ2n) is 9.97. The monoisotopic (exact) mass is 566 g/mol. The number of hydrogen-bond donors (Lipinski definition) is 9. The van der Waals surface area contributed by atoms with Crippen molar-refractivity contribution in [3.05, 3.63) is 47.0 Å². The first-order valence-corrected chi connectivity index (χ1v) is 12.5. The molecule has 14 heteroatoms. The number of aromatic hydroxyl groups is 3. The minimum Gasteiger partial charge on any atom is -0.508 e. The van der Waals surface area contributed by atoms with Gasteiger partial charge in [0.1, 0.15) is 83.5 Å². The van der Waals surface area contributed by atoms with Crippen molar-refractivity contribution in [2.24, 2.45) is 0 Å². The van der Waals surface area contributed by atoms with Crippen molar-refractivity contribution < 1.29 is 69.7 Å². The van der Waals surface area contributed by atoms with E-state index in [9.17, 15) is 50.8 Å². The van der Waals surface area contributed by atoms with Gasteiger partial charge in [0.25, 0.3) is 0 Å². The lowest BCUT2D eigenvalue weighted by Crippen LogP contribution is -2.60. The van der Waals surface area contributed by atoms with Gasteiger partial charge < -0.3 is 64.9 Å². The first kappa shape index (κ1) is 28.5. The van der Waals surface area contributed by atoms with Crippen molar-refractivity contribution in [2.45, 2.75) is 67.6 Å². The van der Waals surface area contributed by atoms with E-state index < -0.39 is 97.3 Å². The van der Waals surface area contributed by atoms with E-state index in [1.807, 2.05) is 0 Å². The highest BCUT2D eigenvalue weighted by Crippen LogP contribution is 2.50. The van der Waals surface area contributed by atoms with Gasteiger partial charge in [-0.15, -0.1) is 0 Å². The van der Waals surface area contributed by atoms with Crippen LogP contribution in [0.5, 0.6) is 23.0 Å². The van der Waals surface area contributed by atoms with Crippen molar-refractivity contribution in [3.63, 3.8) is 0 Å². The number of phenolic OH excluding ortho intramolecular Hbond substituents is 3. The van der Waals surface area contributed by atoms with Gasteiger partial charge in [-0.25, -0.2) is 0 Å². The molecular weight excluding hydrogens is 536 g/mol. The minimum absolute atomic E-state index is 0.0146. The molecule has 0 amide bonds. The van der Waals surface area contributed by atoms with Gasteiger partial charge in [0.2, 0.25) is 0 Å². The average molecular weight is 567 g/mol. The summed E-state index contributed by atoms with van der Waals surface area (Å²) in [6.45, 7) is -1.22. The maximum absolute atomic E-state index is 13.2. The van der Waals surface area contributed by atoms with Gasteiger partial charge in [0, 0.05) is 6.07 Å². The number of ketones is 1. The van der Waals surface area contributed by atoms with Crippen molar-refractivity contribution in [3.8, 4) is 23.0 Å². The molecular formula is C26H30O14. The third-order valence-electron chi connectivity index (χ3n) is 7.36. The number of carbonyl (C=O) groups is 1. The van der Waals surface area contributed by atoms with Crippen LogP contribution in [0.2, 0.25) is 0 Å². The first-order valence-electron chi connectivity index (χ1n) is 12.5. The second-order valence-corrected chi connectivity index (χ2v) is 9.97. The number of ether oxygens (including phenoxy) is 4. The molecule has 0 bridgehead atoms. The van der Waals surface area contributed by atoms with Gasteiger partial charge in [-0.05, 0) is 17.7 Å². The molecule has 3 heterocycles. The molecule has 10 atom stereocenters. The summed E-state index contributed by atoms with van der Waals surface area (Å²) >= 11 is 0. The summed E-state index contributed by atoms with van der Waals surface area (Å²) < 4.78 is 22.5. The lowest BCUT2D eigenvalue weighted by Gasteiger charge is -2.45. The summed E-state index contributed by atoms with van der Waals surface area (Å²) in [5.41, 5.74) is -0.164. The molecule has 40 heavy (non-hydrogen) atoms. The fourth-order valence-corrected chi connectivity index (χ4v) is 5.16. The van der Waals surface area contributed by atoms with Crippen molar-refractivity contribution in [1.29, 1.82) is 0 Å². The van der Waals surface area contributed by atoms with Crippen LogP contribution in [-0.4, -0.2) is 114 Å². The Balaban J connectivity index is 1.51. The minimum atomic E-state index is -1.84. The molecule has 2 aromatic rings. The van der Waals surface area contributed by atoms with Crippen LogP contribution in [0.25, 0.3) is 0 Å². The topological polar surface area (TPSA) is 236 Å². The highest BCUT2D eigenvalue weighted by molar-refractivity contribution is 6.03. The number of aliphatic hydroxyl groups excluding tert-OH is 6. The van der Waals surface area contributed by atoms with Crippen LogP contribution < -0.4 is 4.74 Å². The Morgan fingerprint density at radius 3 is 2.30 bits per heavy atom. The van der Waals surface area contributed by atoms with Crippen LogP contribution >= 0.6 is 0 Å². The third kappa shape index (κ3) is 4.98. The summed E-state index contributed by atoms with van der Waals surface area (Å²) in [6, 6.07) is 7.02. The Morgan fingerprint density at radius 1 is 0.925 bits per heavy atom. The Kier molecular flexibility index (Phi) is 7.89. The van der Waals surface area contributed by atoms with Crippen LogP contribution in [0, 0.1) is 0 Å². The van der Waals surface area contributed by atoms with Gasteiger partial charge in [0.15, 0.2) is 12.1 Å². The normalized spacial score (nSPS) is 36.1. The number of aliphatic hydroxyl groups is 6. The molecule has 2 aromatic carbocycles. The van der Waals surface area contributed by atoms with Gasteiger partial charge in [-0.3, -0.25) is 4.79 Å². The molecule has 9 N–H and O–H groups in total. The number of Topliss-reactive ketones (excluding diaryl/α,β-unsaturated/α-hetero) is 1. The fourth-order valence-electron chi connectivity index (χ4n) is 5.16. The van der Waals surface area contributed by atoms with E-state index in [0.29, 0.717) is 5.56 Å². The van der Waals surface area contributed by atoms with E-state index in [0.717, 1.165) is 6.07 Å². The Bertz CT molecular complexity index is 1230. The first-order chi connectivity index (χ1) is 19.0. The Labute approximate surface area is 226 Å². The maximum atomic E-state index is 13.2. The second kappa shape index (κ2) is 11.1. The Morgan fingerprint density at radius 2 is 1.62 bits per heavy atom. The summed E-state index contributed by atoms with van der Waals surface area (Å²) in [6.07, 6.45) is -15.8. The highest BCUT2D eigenvalue weighted by atomic mass is 16.7. The molecule has 0 spiro atoms. The largest absolute Gasteiger partial charge is 0.508 e. The summed E-state index contributed by atoms with van der Waals surface area (Å²) in [5, 5.41) is 92.8. The molecule has 0 saturated carbocycles. The molecule has 3 aliphatic rings. The zero-order valence-electron chi connectivity index (χ0n) is 20.8. The van der Waals surface area contributed by atoms with Gasteiger partial charge in [0.05, 0.1) is 25.2 Å². The van der Waals surface area contributed by atoms with E-state index in [4.69, 9.17) is 18.9 Å². The predicted molar refractivity (Wildman–Crippen MR) is 130 cm³/mol. The van der Waals surface area contributed by atoms with Crippen LogP contribution in [0.4, 0.5) is 0 Å². The molecule has 2 fully saturated rings. The van der Waals surface area contributed by atoms with Crippen molar-refractivity contribution in [1.82, 2.24) is 0 Å². The quantitative estimate of drug-likeness (QED) is 0.200. The van der Waals surface area contributed by atoms with E-state index in [-0.39, 0.29) is 23.5 Å². The number of phenols is 3. The number of carbonyl (C=O) groups excluding carboxylic acids is 1. The molecule has 5 rings (SSSR count). The van der Waals surface area contributed by atoms with Gasteiger partial charge in [-0.1, -0.05) is 12.1 Å². The number of hydrogen-bond acceptors (Lipinski definition) is 14. The summed E-state index contributed by atoms with van der Waals surface area (Å²) in [7, 11) is 0. The Hall–Kier alpha value is -3.05. The molecule has 2 saturated heterocycles. The zero-order chi connectivity index (χ0) is 28.9. The molecule has 3 aliphatic heterocycles. The predicted octanol–water partition coefficient (Wildman–Crippen LogP) is -1.51. The average Bonchev–Trinajstić information content (AvgIpc) is 2.92. The lowest BCUT2D eigenvalue weighted by molar-refractivity contribution is -0.325. The maximum Gasteiger partial charge on any atom is 0.186 e. The van der Waals surface area contributed by atoms with Crippen LogP contribution in [-0.2, 0) is 14.2 Å². The summed E-state index contributed by atoms with van der Waals surface area (Å²) in [4.78, 5) is 13.2. The number of rotatable bonds is 5. The smallest absolute Gasteiger partial charge is 0.186 e. The highest BCUT2D eigenvalue weighted by Gasteiger charge is 2.51. The van der Waals surface area contributed by atoms with Crippen molar-refractivity contribution in [2.75, 3.05) is 13.2 Å². The SMILES string of the molecule is O=C1C[C@H](c2ccc(O)cc2)Oc2cc(O)c([C@@H]3O[C@H](CO)[C@H](O)[C@H](O)[C@@H]3O[C@@H]3OC[C@H](O)[C@@H](O)[C@@H]3O)c(O)c21.